The molecule has 0 amide bonds. The lowest BCUT2D eigenvalue weighted by Crippen LogP contribution is -2.38. The van der Waals surface area contributed by atoms with Crippen molar-refractivity contribution in [3.8, 4) is 0 Å². The van der Waals surface area contributed by atoms with E-state index in [-0.39, 0.29) is 16.4 Å². The lowest BCUT2D eigenvalue weighted by molar-refractivity contribution is 0.513. The van der Waals surface area contributed by atoms with Crippen LogP contribution in [0.5, 0.6) is 0 Å². The lowest BCUT2D eigenvalue weighted by Gasteiger charge is -2.22. The van der Waals surface area contributed by atoms with Crippen molar-refractivity contribution < 1.29 is 8.42 Å². The summed E-state index contributed by atoms with van der Waals surface area (Å²) in [4.78, 5) is 0. The third-order valence-corrected chi connectivity index (χ3v) is 6.22. The Morgan fingerprint density at radius 1 is 1.00 bits per heavy atom. The van der Waals surface area contributed by atoms with E-state index in [2.05, 4.69) is 19.2 Å². The molecule has 2 atom stereocenters. The van der Waals surface area contributed by atoms with Crippen LogP contribution in [0.25, 0.3) is 0 Å². The van der Waals surface area contributed by atoms with Gasteiger partial charge in [-0.15, -0.1) is 0 Å². The smallest absolute Gasteiger partial charge is 0.156 e. The van der Waals surface area contributed by atoms with Crippen molar-refractivity contribution in [2.45, 2.75) is 58.5 Å². The van der Waals surface area contributed by atoms with E-state index in [0.29, 0.717) is 12.5 Å². The maximum Gasteiger partial charge on any atom is 0.156 e. The maximum atomic E-state index is 12.2. The van der Waals surface area contributed by atoms with Crippen molar-refractivity contribution in [1.82, 2.24) is 5.32 Å². The van der Waals surface area contributed by atoms with Crippen LogP contribution >= 0.6 is 0 Å². The molecule has 0 bridgehead atoms. The van der Waals surface area contributed by atoms with E-state index in [9.17, 15) is 8.42 Å². The second kappa shape index (κ2) is 7.37. The fourth-order valence-corrected chi connectivity index (χ4v) is 3.40. The van der Waals surface area contributed by atoms with Gasteiger partial charge in [-0.1, -0.05) is 27.7 Å². The molecule has 0 fully saturated rings. The Morgan fingerprint density at radius 2 is 1.53 bits per heavy atom. The zero-order chi connectivity index (χ0) is 13.6. The van der Waals surface area contributed by atoms with Crippen LogP contribution in [0.1, 0.15) is 48.0 Å². The van der Waals surface area contributed by atoms with Gasteiger partial charge in [0.15, 0.2) is 9.84 Å². The van der Waals surface area contributed by atoms with Gasteiger partial charge in [0.1, 0.15) is 0 Å². The van der Waals surface area contributed by atoms with Crippen LogP contribution in [0.3, 0.4) is 0 Å². The second-order valence-electron chi connectivity index (χ2n) is 5.74. The van der Waals surface area contributed by atoms with Crippen LogP contribution in [0.15, 0.2) is 0 Å². The average molecular weight is 263 g/mol. The maximum absolute atomic E-state index is 12.2. The summed E-state index contributed by atoms with van der Waals surface area (Å²) in [5, 5.41) is 2.68. The van der Waals surface area contributed by atoms with Gasteiger partial charge in [-0.2, -0.15) is 0 Å². The SMILES string of the molecule is CC(C)CCNCC(C)S(=O)(=O)C(C)C(C)C. The standard InChI is InChI=1S/C13H29NO2S/c1-10(2)7-8-14-9-12(5)17(15,16)13(6)11(3)4/h10-14H,7-9H2,1-6H3. The van der Waals surface area contributed by atoms with E-state index in [1.807, 2.05) is 20.8 Å². The topological polar surface area (TPSA) is 46.2 Å². The predicted molar refractivity (Wildman–Crippen MR) is 75.0 cm³/mol. The van der Waals surface area contributed by atoms with Crippen molar-refractivity contribution in [3.05, 3.63) is 0 Å². The van der Waals surface area contributed by atoms with Crippen LogP contribution in [0.4, 0.5) is 0 Å². The number of rotatable bonds is 8. The van der Waals surface area contributed by atoms with Gasteiger partial charge in [-0.25, -0.2) is 8.42 Å². The zero-order valence-corrected chi connectivity index (χ0v) is 13.0. The number of sulfone groups is 1. The molecule has 4 heteroatoms. The van der Waals surface area contributed by atoms with Gasteiger partial charge in [-0.05, 0) is 38.6 Å². The van der Waals surface area contributed by atoms with E-state index >= 15 is 0 Å². The first-order chi connectivity index (χ1) is 7.69. The van der Waals surface area contributed by atoms with Crippen LogP contribution in [-0.4, -0.2) is 32.0 Å². The van der Waals surface area contributed by atoms with Gasteiger partial charge >= 0.3 is 0 Å². The van der Waals surface area contributed by atoms with Crippen molar-refractivity contribution in [2.24, 2.45) is 11.8 Å². The lowest BCUT2D eigenvalue weighted by atomic mass is 10.1. The van der Waals surface area contributed by atoms with E-state index < -0.39 is 9.84 Å². The molecular formula is C13H29NO2S. The van der Waals surface area contributed by atoms with Crippen LogP contribution in [0.2, 0.25) is 0 Å². The number of hydrogen-bond donors (Lipinski definition) is 1. The Labute approximate surface area is 107 Å². The molecule has 0 aromatic carbocycles. The second-order valence-corrected chi connectivity index (χ2v) is 8.46. The molecule has 0 aromatic heterocycles. The van der Waals surface area contributed by atoms with Crippen molar-refractivity contribution >= 4 is 9.84 Å². The average Bonchev–Trinajstić information content (AvgIpc) is 2.22. The highest BCUT2D eigenvalue weighted by atomic mass is 32.2. The number of hydrogen-bond acceptors (Lipinski definition) is 3. The molecule has 0 aliphatic carbocycles. The monoisotopic (exact) mass is 263 g/mol. The molecule has 3 nitrogen and oxygen atoms in total. The molecule has 104 valence electrons. The summed E-state index contributed by atoms with van der Waals surface area (Å²) in [6.45, 7) is 13.3. The van der Waals surface area contributed by atoms with Crippen molar-refractivity contribution in [2.75, 3.05) is 13.1 Å². The zero-order valence-electron chi connectivity index (χ0n) is 12.2. The summed E-state index contributed by atoms with van der Waals surface area (Å²) in [5.41, 5.74) is 0. The molecule has 0 radical (unpaired) electrons. The van der Waals surface area contributed by atoms with Crippen molar-refractivity contribution in [1.29, 1.82) is 0 Å². The Hall–Kier alpha value is -0.0900. The largest absolute Gasteiger partial charge is 0.315 e. The highest BCUT2D eigenvalue weighted by molar-refractivity contribution is 7.92. The van der Waals surface area contributed by atoms with E-state index in [1.165, 1.54) is 0 Å². The van der Waals surface area contributed by atoms with E-state index in [4.69, 9.17) is 0 Å². The minimum absolute atomic E-state index is 0.179. The van der Waals surface area contributed by atoms with Gasteiger partial charge in [0.2, 0.25) is 0 Å². The van der Waals surface area contributed by atoms with E-state index in [1.54, 1.807) is 6.92 Å². The minimum atomic E-state index is -3.00. The summed E-state index contributed by atoms with van der Waals surface area (Å²) in [7, 11) is -3.00. The van der Waals surface area contributed by atoms with Gasteiger partial charge in [0.25, 0.3) is 0 Å². The predicted octanol–water partition coefficient (Wildman–Crippen LogP) is 2.47. The summed E-state index contributed by atoms with van der Waals surface area (Å²) in [5.74, 6) is 0.835. The van der Waals surface area contributed by atoms with Gasteiger partial charge < -0.3 is 5.32 Å². The van der Waals surface area contributed by atoms with E-state index in [0.717, 1.165) is 13.0 Å². The molecule has 0 aromatic rings. The Kier molecular flexibility index (Phi) is 7.33. The molecule has 0 aliphatic heterocycles. The third-order valence-electron chi connectivity index (χ3n) is 3.35. The van der Waals surface area contributed by atoms with Gasteiger partial charge in [-0.3, -0.25) is 0 Å². The van der Waals surface area contributed by atoms with Gasteiger partial charge in [0.05, 0.1) is 10.5 Å². The first-order valence-corrected chi connectivity index (χ1v) is 8.24. The first kappa shape index (κ1) is 16.9. The molecule has 2 unspecified atom stereocenters. The summed E-state index contributed by atoms with van der Waals surface area (Å²) in [6.07, 6.45) is 1.09. The third kappa shape index (κ3) is 5.87. The van der Waals surface area contributed by atoms with Crippen molar-refractivity contribution in [3.63, 3.8) is 0 Å². The highest BCUT2D eigenvalue weighted by Crippen LogP contribution is 2.16. The van der Waals surface area contributed by atoms with Crippen LogP contribution in [0, 0.1) is 11.8 Å². The Morgan fingerprint density at radius 3 is 1.94 bits per heavy atom. The molecule has 0 spiro atoms. The number of nitrogens with one attached hydrogen (secondary N) is 1. The molecule has 1 N–H and O–H groups in total. The van der Waals surface area contributed by atoms with Crippen LogP contribution < -0.4 is 5.32 Å². The Bertz CT molecular complexity index is 297. The summed E-state index contributed by atoms with van der Waals surface area (Å²) >= 11 is 0. The first-order valence-electron chi connectivity index (χ1n) is 6.63. The molecule has 17 heavy (non-hydrogen) atoms. The highest BCUT2D eigenvalue weighted by Gasteiger charge is 2.29. The fourth-order valence-electron chi connectivity index (χ4n) is 1.56. The quantitative estimate of drug-likeness (QED) is 0.684. The Balaban J connectivity index is 4.17. The molecule has 0 saturated carbocycles. The molecule has 0 saturated heterocycles. The molecule has 0 aliphatic rings. The molecule has 0 heterocycles. The molecular weight excluding hydrogens is 234 g/mol. The summed E-state index contributed by atoms with van der Waals surface area (Å²) < 4.78 is 24.3. The molecule has 0 rings (SSSR count). The summed E-state index contributed by atoms with van der Waals surface area (Å²) in [6, 6.07) is 0. The minimum Gasteiger partial charge on any atom is -0.315 e. The van der Waals surface area contributed by atoms with Crippen LogP contribution in [-0.2, 0) is 9.84 Å². The normalized spacial score (nSPS) is 16.5. The van der Waals surface area contributed by atoms with Gasteiger partial charge in [0, 0.05) is 6.54 Å². The fraction of sp³-hybridized carbons (Fsp3) is 1.00.